The summed E-state index contributed by atoms with van der Waals surface area (Å²) in [6.07, 6.45) is 9.85. The predicted octanol–water partition coefficient (Wildman–Crippen LogP) is 3.93. The molecule has 2 aliphatic heterocycles. The first-order valence-corrected chi connectivity index (χ1v) is 17.6. The lowest BCUT2D eigenvalue weighted by Crippen LogP contribution is -2.57. The SMILES string of the molecule is COC/C=C/C(=O)N1CCN(c2cc(-c3noc([C@@]4(C)CCCc5sc(N)c(C#N)c54)n3)nc(O[C@@H](C)[C@@H]3CCCN3C)n2)CC12CC2. The van der Waals surface area contributed by atoms with Gasteiger partial charge in [0.1, 0.15) is 28.7 Å². The van der Waals surface area contributed by atoms with Gasteiger partial charge in [-0.25, -0.2) is 0 Å². The van der Waals surface area contributed by atoms with Crippen LogP contribution in [0, 0.1) is 11.3 Å². The molecule has 2 N–H and O–H groups in total. The smallest absolute Gasteiger partial charge is 0.319 e. The first-order chi connectivity index (χ1) is 23.2. The third-order valence-electron chi connectivity index (χ3n) is 10.6. The molecule has 7 rings (SSSR count). The van der Waals surface area contributed by atoms with E-state index in [-0.39, 0.29) is 29.6 Å². The summed E-state index contributed by atoms with van der Waals surface area (Å²) in [6.45, 7) is 7.39. The zero-order valence-corrected chi connectivity index (χ0v) is 28.9. The van der Waals surface area contributed by atoms with Crippen molar-refractivity contribution in [2.45, 2.75) is 81.9 Å². The third-order valence-corrected chi connectivity index (χ3v) is 11.7. The van der Waals surface area contributed by atoms with Gasteiger partial charge in [0, 0.05) is 55.4 Å². The molecule has 0 unspecified atom stereocenters. The lowest BCUT2D eigenvalue weighted by molar-refractivity contribution is -0.129. The molecule has 2 saturated heterocycles. The van der Waals surface area contributed by atoms with Gasteiger partial charge < -0.3 is 29.5 Å². The highest BCUT2D eigenvalue weighted by Crippen LogP contribution is 2.49. The molecule has 1 amide bonds. The average molecular weight is 674 g/mol. The van der Waals surface area contributed by atoms with Crippen LogP contribution in [0.25, 0.3) is 11.5 Å². The zero-order chi connectivity index (χ0) is 33.6. The number of nitrogens with zero attached hydrogens (tertiary/aromatic N) is 8. The number of fused-ring (bicyclic) bond motifs is 1. The number of aromatic nitrogens is 4. The Labute approximate surface area is 284 Å². The van der Waals surface area contributed by atoms with Crippen molar-refractivity contribution in [3.63, 3.8) is 0 Å². The van der Waals surface area contributed by atoms with Crippen LogP contribution in [0.1, 0.15) is 74.3 Å². The maximum atomic E-state index is 13.1. The van der Waals surface area contributed by atoms with Crippen molar-refractivity contribution in [2.24, 2.45) is 0 Å². The minimum Gasteiger partial charge on any atom is -0.459 e. The Morgan fingerprint density at radius 1 is 1.25 bits per heavy atom. The molecule has 1 saturated carbocycles. The molecule has 2 aliphatic carbocycles. The van der Waals surface area contributed by atoms with E-state index in [0.29, 0.717) is 60.0 Å². The number of methoxy groups -OCH3 is 1. The minimum absolute atomic E-state index is 0.0109. The van der Waals surface area contributed by atoms with Crippen LogP contribution in [0.5, 0.6) is 6.01 Å². The summed E-state index contributed by atoms with van der Waals surface area (Å²) < 4.78 is 17.5. The standard InChI is InChI=1S/C34H43N9O4S/c1-21(24-8-6-14-41(24)3)46-32-37-23(18-26(38-32)42-15-16-43(34(20-42)12-13-34)27(44)10-7-17-45-4)30-39-31(47-40-30)33(2)11-5-9-25-28(33)22(19-35)29(36)48-25/h7,10,18,21,24H,5-6,8-9,11-17,20,36H2,1-4H3/b10-7+/t21-,24-,33-/m0/s1. The molecule has 4 aliphatic rings. The molecule has 5 heterocycles. The van der Waals surface area contributed by atoms with Crippen LogP contribution in [0.4, 0.5) is 10.8 Å². The van der Waals surface area contributed by atoms with Gasteiger partial charge in [-0.3, -0.25) is 9.69 Å². The van der Waals surface area contributed by atoms with Crippen LogP contribution in [0.3, 0.4) is 0 Å². The van der Waals surface area contributed by atoms with Gasteiger partial charge in [0.2, 0.25) is 17.6 Å². The lowest BCUT2D eigenvalue weighted by Gasteiger charge is -2.42. The molecule has 3 aromatic rings. The normalized spacial score (nSPS) is 24.2. The number of thiophene rings is 1. The van der Waals surface area contributed by atoms with Gasteiger partial charge in [-0.15, -0.1) is 11.3 Å². The van der Waals surface area contributed by atoms with E-state index in [0.717, 1.165) is 61.9 Å². The summed E-state index contributed by atoms with van der Waals surface area (Å²) in [5.41, 5.74) is 7.28. The van der Waals surface area contributed by atoms with Gasteiger partial charge in [-0.2, -0.15) is 20.2 Å². The van der Waals surface area contributed by atoms with Crippen LogP contribution in [-0.2, 0) is 21.4 Å². The summed E-state index contributed by atoms with van der Waals surface area (Å²) in [6, 6.07) is 4.72. The van der Waals surface area contributed by atoms with E-state index in [1.165, 1.54) is 11.3 Å². The summed E-state index contributed by atoms with van der Waals surface area (Å²) >= 11 is 1.47. The van der Waals surface area contributed by atoms with Crippen LogP contribution >= 0.6 is 11.3 Å². The highest BCUT2D eigenvalue weighted by molar-refractivity contribution is 7.16. The number of piperazine rings is 1. The molecule has 14 heteroatoms. The number of carbonyl (C=O) groups excluding carboxylic acids is 1. The van der Waals surface area contributed by atoms with Gasteiger partial charge >= 0.3 is 6.01 Å². The fourth-order valence-electron chi connectivity index (χ4n) is 7.80. The molecule has 3 aromatic heterocycles. The maximum Gasteiger partial charge on any atom is 0.319 e. The molecular formula is C34H43N9O4S. The number of nitrogen functional groups attached to an aromatic ring is 1. The largest absolute Gasteiger partial charge is 0.459 e. The topological polar surface area (TPSA) is 160 Å². The van der Waals surface area contributed by atoms with Gasteiger partial charge in [0.05, 0.1) is 23.1 Å². The molecule has 1 spiro atoms. The molecule has 3 fully saturated rings. The second kappa shape index (κ2) is 12.8. The summed E-state index contributed by atoms with van der Waals surface area (Å²) in [4.78, 5) is 35.3. The number of rotatable bonds is 9. The number of likely N-dealkylation sites (tertiary alicyclic amines) is 1. The van der Waals surface area contributed by atoms with E-state index in [9.17, 15) is 10.1 Å². The number of anilines is 2. The third kappa shape index (κ3) is 5.82. The van der Waals surface area contributed by atoms with E-state index in [2.05, 4.69) is 41.9 Å². The fourth-order valence-corrected chi connectivity index (χ4v) is 8.99. The van der Waals surface area contributed by atoms with Crippen LogP contribution in [-0.4, -0.2) is 100 Å². The monoisotopic (exact) mass is 673 g/mol. The molecule has 0 radical (unpaired) electrons. The molecule has 254 valence electrons. The van der Waals surface area contributed by atoms with E-state index in [1.54, 1.807) is 19.3 Å². The molecular weight excluding hydrogens is 630 g/mol. The molecule has 0 bridgehead atoms. The van der Waals surface area contributed by atoms with Crippen LogP contribution in [0.2, 0.25) is 0 Å². The first-order valence-electron chi connectivity index (χ1n) is 16.8. The second-order valence-electron chi connectivity index (χ2n) is 13.8. The quantitative estimate of drug-likeness (QED) is 0.327. The molecule has 3 atom stereocenters. The Morgan fingerprint density at radius 3 is 2.81 bits per heavy atom. The predicted molar refractivity (Wildman–Crippen MR) is 181 cm³/mol. The van der Waals surface area contributed by atoms with Crippen LogP contribution < -0.4 is 15.4 Å². The van der Waals surface area contributed by atoms with Crippen LogP contribution in [0.15, 0.2) is 22.7 Å². The lowest BCUT2D eigenvalue weighted by atomic mass is 9.72. The van der Waals surface area contributed by atoms with E-state index >= 15 is 0 Å². The average Bonchev–Trinajstić information content (AvgIpc) is 3.40. The molecule has 13 nitrogen and oxygen atoms in total. The number of hydrogen-bond donors (Lipinski definition) is 1. The summed E-state index contributed by atoms with van der Waals surface area (Å²) in [7, 11) is 3.74. The van der Waals surface area contributed by atoms with Crippen molar-refractivity contribution in [3.05, 3.63) is 40.1 Å². The van der Waals surface area contributed by atoms with Crippen molar-refractivity contribution in [1.29, 1.82) is 5.26 Å². The number of ether oxygens (including phenoxy) is 2. The number of nitriles is 1. The van der Waals surface area contributed by atoms with Gasteiger partial charge in [-0.05, 0) is 72.4 Å². The van der Waals surface area contributed by atoms with Crippen molar-refractivity contribution < 1.29 is 18.8 Å². The Kier molecular flexibility index (Phi) is 8.63. The van der Waals surface area contributed by atoms with E-state index < -0.39 is 5.41 Å². The Balaban J connectivity index is 1.21. The fraction of sp³-hybridized carbons (Fsp3) is 0.588. The Bertz CT molecular complexity index is 1760. The number of nitrogens with two attached hydrogens (primary N) is 1. The second-order valence-corrected chi connectivity index (χ2v) is 14.9. The summed E-state index contributed by atoms with van der Waals surface area (Å²) in [5, 5.41) is 14.9. The number of aryl methyl sites for hydroxylation is 1. The van der Waals surface area contributed by atoms with E-state index in [4.69, 9.17) is 34.7 Å². The number of hydrogen-bond acceptors (Lipinski definition) is 13. The van der Waals surface area contributed by atoms with Gasteiger partial charge in [0.25, 0.3) is 0 Å². The highest BCUT2D eigenvalue weighted by Gasteiger charge is 2.53. The van der Waals surface area contributed by atoms with Crippen molar-refractivity contribution in [3.8, 4) is 23.6 Å². The Morgan fingerprint density at radius 2 is 2.08 bits per heavy atom. The molecule has 48 heavy (non-hydrogen) atoms. The minimum atomic E-state index is -0.645. The Hall–Kier alpha value is -4.06. The van der Waals surface area contributed by atoms with Crippen molar-refractivity contribution in [1.82, 2.24) is 29.9 Å². The number of amides is 1. The highest BCUT2D eigenvalue weighted by atomic mass is 32.1. The zero-order valence-electron chi connectivity index (χ0n) is 28.1. The van der Waals surface area contributed by atoms with Crippen molar-refractivity contribution in [2.75, 3.05) is 57.6 Å². The number of likely N-dealkylation sites (N-methyl/N-ethyl adjacent to an activating group) is 1. The first kappa shape index (κ1) is 32.5. The van der Waals surface area contributed by atoms with Gasteiger partial charge in [-0.1, -0.05) is 11.2 Å². The maximum absolute atomic E-state index is 13.1. The van der Waals surface area contributed by atoms with Gasteiger partial charge in [0.15, 0.2) is 0 Å². The number of carbonyl (C=O) groups is 1. The van der Waals surface area contributed by atoms with E-state index in [1.807, 2.05) is 11.0 Å². The summed E-state index contributed by atoms with van der Waals surface area (Å²) in [5.74, 6) is 1.47. The molecule has 0 aromatic carbocycles. The van der Waals surface area contributed by atoms with Crippen molar-refractivity contribution >= 4 is 28.1 Å².